The van der Waals surface area contributed by atoms with Gasteiger partial charge in [-0.3, -0.25) is 10.1 Å². The molecule has 1 amide bonds. The number of carboxylic acid groups (broad SMARTS) is 1. The van der Waals surface area contributed by atoms with Crippen molar-refractivity contribution in [3.8, 4) is 0 Å². The van der Waals surface area contributed by atoms with Gasteiger partial charge in [-0.1, -0.05) is 13.8 Å². The Kier molecular flexibility index (Phi) is 7.12. The molecule has 0 aromatic carbocycles. The highest BCUT2D eigenvalue weighted by atomic mass is 16.6. The molecular formula is C17H28N4O7. The van der Waals surface area contributed by atoms with E-state index in [4.69, 9.17) is 4.74 Å². The number of amides is 1. The molecule has 2 rings (SSSR count). The molecule has 0 aliphatic carbocycles. The molecule has 0 saturated carbocycles. The molecule has 6 atom stereocenters. The molecule has 1 aromatic heterocycles. The minimum atomic E-state index is -1.50. The molecule has 11 heteroatoms. The van der Waals surface area contributed by atoms with Crippen LogP contribution in [0.4, 0.5) is 0 Å². The first-order valence-corrected chi connectivity index (χ1v) is 9.02. The first-order chi connectivity index (χ1) is 13.1. The Morgan fingerprint density at radius 2 is 2.07 bits per heavy atom. The Morgan fingerprint density at radius 1 is 1.39 bits per heavy atom. The number of carbonyl (C=O) groups excluding carboxylic acids is 1. The van der Waals surface area contributed by atoms with Crippen LogP contribution in [0.3, 0.4) is 0 Å². The summed E-state index contributed by atoms with van der Waals surface area (Å²) in [6.07, 6.45) is -0.771. The van der Waals surface area contributed by atoms with Crippen LogP contribution in [0.15, 0.2) is 12.5 Å². The van der Waals surface area contributed by atoms with E-state index in [1.54, 1.807) is 20.0 Å². The molecule has 1 aliphatic heterocycles. The van der Waals surface area contributed by atoms with Crippen molar-refractivity contribution in [2.75, 3.05) is 6.61 Å². The second-order valence-electron chi connectivity index (χ2n) is 7.41. The number of hydrogen-bond acceptors (Lipinski definition) is 8. The molecule has 0 radical (unpaired) electrons. The average molecular weight is 400 g/mol. The quantitative estimate of drug-likeness (QED) is 0.246. The number of aromatic nitrogens is 2. The minimum Gasteiger partial charge on any atom is -0.480 e. The second kappa shape index (κ2) is 8.97. The lowest BCUT2D eigenvalue weighted by Gasteiger charge is -2.35. The summed E-state index contributed by atoms with van der Waals surface area (Å²) in [4.78, 5) is 31.0. The number of carbonyl (C=O) groups is 2. The van der Waals surface area contributed by atoms with E-state index in [0.29, 0.717) is 5.69 Å². The summed E-state index contributed by atoms with van der Waals surface area (Å²) in [5, 5.41) is 44.3. The van der Waals surface area contributed by atoms with Gasteiger partial charge < -0.3 is 35.5 Å². The smallest absolute Gasteiger partial charge is 0.326 e. The lowest BCUT2D eigenvalue weighted by atomic mass is 9.97. The lowest BCUT2D eigenvalue weighted by molar-refractivity contribution is -0.144. The Hall–Kier alpha value is -2.05. The van der Waals surface area contributed by atoms with Gasteiger partial charge in [0.25, 0.3) is 0 Å². The predicted molar refractivity (Wildman–Crippen MR) is 96.0 cm³/mol. The van der Waals surface area contributed by atoms with Crippen LogP contribution in [0.2, 0.25) is 0 Å². The highest BCUT2D eigenvalue weighted by Crippen LogP contribution is 2.30. The van der Waals surface area contributed by atoms with Crippen molar-refractivity contribution < 1.29 is 34.8 Å². The van der Waals surface area contributed by atoms with Gasteiger partial charge >= 0.3 is 5.97 Å². The zero-order valence-corrected chi connectivity index (χ0v) is 16.0. The summed E-state index contributed by atoms with van der Waals surface area (Å²) < 4.78 is 5.52. The van der Waals surface area contributed by atoms with Gasteiger partial charge in [0, 0.05) is 12.6 Å². The molecule has 1 aliphatic rings. The van der Waals surface area contributed by atoms with Crippen LogP contribution in [-0.2, 0) is 20.7 Å². The molecule has 1 fully saturated rings. The van der Waals surface area contributed by atoms with E-state index in [1.165, 1.54) is 13.3 Å². The van der Waals surface area contributed by atoms with E-state index in [2.05, 4.69) is 20.6 Å². The molecule has 0 spiro atoms. The Bertz CT molecular complexity index is 668. The van der Waals surface area contributed by atoms with Gasteiger partial charge in [-0.15, -0.1) is 0 Å². The third-order valence-electron chi connectivity index (χ3n) is 4.82. The van der Waals surface area contributed by atoms with E-state index in [1.807, 2.05) is 0 Å². The molecule has 11 nitrogen and oxygen atoms in total. The standard InChI is InChI=1S/C17H28N4O7/c1-8(2)12(21-17(3)14(24)13(23)11(6-22)28-17)15(25)20-10(16(26)27)4-9-5-18-7-19-9/h5,7-8,10-14,21-24H,4,6H2,1-3H3,(H,18,19)(H,20,25)(H,26,27)/t10?,11-,12?,13-,14+,17?/m1/s1. The van der Waals surface area contributed by atoms with Crippen molar-refractivity contribution in [3.63, 3.8) is 0 Å². The number of hydrogen-bond donors (Lipinski definition) is 7. The number of aromatic amines is 1. The normalized spacial score (nSPS) is 29.6. The minimum absolute atomic E-state index is 0.00289. The van der Waals surface area contributed by atoms with E-state index >= 15 is 0 Å². The Balaban J connectivity index is 2.11. The first kappa shape index (κ1) is 22.2. The SMILES string of the molecule is CC(C)C(NC1(C)O[C@H](CO)[C@@H](O)[C@@H]1O)C(=O)NC(Cc1c[nH]cn1)C(=O)O. The predicted octanol–water partition coefficient (Wildman–Crippen LogP) is -2.04. The van der Waals surface area contributed by atoms with Gasteiger partial charge in [-0.2, -0.15) is 0 Å². The van der Waals surface area contributed by atoms with Crippen molar-refractivity contribution in [1.82, 2.24) is 20.6 Å². The first-order valence-electron chi connectivity index (χ1n) is 9.02. The fourth-order valence-corrected chi connectivity index (χ4v) is 3.16. The fourth-order valence-electron chi connectivity index (χ4n) is 3.16. The summed E-state index contributed by atoms with van der Waals surface area (Å²) in [5.74, 6) is -2.10. The van der Waals surface area contributed by atoms with Gasteiger partial charge in [0.1, 0.15) is 30.1 Å². The van der Waals surface area contributed by atoms with Crippen molar-refractivity contribution in [2.24, 2.45) is 5.92 Å². The number of ether oxygens (including phenoxy) is 1. The summed E-state index contributed by atoms with van der Waals surface area (Å²) in [5.41, 5.74) is -1.02. The number of aliphatic carboxylic acids is 1. The summed E-state index contributed by atoms with van der Waals surface area (Å²) >= 11 is 0. The topological polar surface area (TPSA) is 177 Å². The van der Waals surface area contributed by atoms with E-state index in [0.717, 1.165) is 0 Å². The van der Waals surface area contributed by atoms with Crippen LogP contribution in [0.1, 0.15) is 26.5 Å². The summed E-state index contributed by atoms with van der Waals surface area (Å²) in [7, 11) is 0. The van der Waals surface area contributed by atoms with E-state index in [9.17, 15) is 30.0 Å². The van der Waals surface area contributed by atoms with Crippen molar-refractivity contribution in [3.05, 3.63) is 18.2 Å². The monoisotopic (exact) mass is 400 g/mol. The summed E-state index contributed by atoms with van der Waals surface area (Å²) in [6.45, 7) is 4.44. The number of imidazole rings is 1. The molecular weight excluding hydrogens is 372 g/mol. The van der Waals surface area contributed by atoms with Crippen LogP contribution in [-0.4, -0.2) is 85.0 Å². The highest BCUT2D eigenvalue weighted by molar-refractivity contribution is 5.87. The average Bonchev–Trinajstić information content (AvgIpc) is 3.21. The third kappa shape index (κ3) is 4.86. The van der Waals surface area contributed by atoms with Crippen LogP contribution in [0.25, 0.3) is 0 Å². The number of H-pyrrole nitrogens is 1. The number of nitrogens with zero attached hydrogens (tertiary/aromatic N) is 1. The van der Waals surface area contributed by atoms with Gasteiger partial charge in [0.2, 0.25) is 5.91 Å². The van der Waals surface area contributed by atoms with Crippen molar-refractivity contribution in [2.45, 2.75) is 63.3 Å². The fraction of sp³-hybridized carbons (Fsp3) is 0.706. The number of carboxylic acids is 1. The van der Waals surface area contributed by atoms with Crippen LogP contribution in [0.5, 0.6) is 0 Å². The number of rotatable bonds is 9. The Labute approximate surface area is 162 Å². The number of aliphatic hydroxyl groups is 3. The largest absolute Gasteiger partial charge is 0.480 e. The zero-order valence-electron chi connectivity index (χ0n) is 16.0. The second-order valence-corrected chi connectivity index (χ2v) is 7.41. The van der Waals surface area contributed by atoms with Crippen LogP contribution < -0.4 is 10.6 Å². The molecule has 28 heavy (non-hydrogen) atoms. The molecule has 0 bridgehead atoms. The maximum atomic E-state index is 12.8. The van der Waals surface area contributed by atoms with E-state index < -0.39 is 54.6 Å². The number of aliphatic hydroxyl groups excluding tert-OH is 3. The van der Waals surface area contributed by atoms with Crippen molar-refractivity contribution in [1.29, 1.82) is 0 Å². The van der Waals surface area contributed by atoms with Gasteiger partial charge in [-0.05, 0) is 12.8 Å². The molecule has 2 heterocycles. The van der Waals surface area contributed by atoms with E-state index in [-0.39, 0.29) is 12.3 Å². The lowest BCUT2D eigenvalue weighted by Crippen LogP contribution is -2.62. The van der Waals surface area contributed by atoms with Crippen LogP contribution in [0, 0.1) is 5.92 Å². The van der Waals surface area contributed by atoms with Gasteiger partial charge in [0.05, 0.1) is 24.7 Å². The zero-order chi connectivity index (χ0) is 21.1. The highest BCUT2D eigenvalue weighted by Gasteiger charge is 2.52. The maximum Gasteiger partial charge on any atom is 0.326 e. The number of nitrogens with one attached hydrogen (secondary N) is 3. The third-order valence-corrected chi connectivity index (χ3v) is 4.82. The molecule has 1 aromatic rings. The Morgan fingerprint density at radius 3 is 2.54 bits per heavy atom. The molecule has 158 valence electrons. The summed E-state index contributed by atoms with van der Waals surface area (Å²) in [6, 6.07) is -2.12. The maximum absolute atomic E-state index is 12.8. The van der Waals surface area contributed by atoms with Crippen LogP contribution >= 0.6 is 0 Å². The molecule has 3 unspecified atom stereocenters. The van der Waals surface area contributed by atoms with Crippen molar-refractivity contribution >= 4 is 11.9 Å². The molecule has 7 N–H and O–H groups in total. The van der Waals surface area contributed by atoms with Gasteiger partial charge in [0.15, 0.2) is 0 Å². The van der Waals surface area contributed by atoms with Gasteiger partial charge in [-0.25, -0.2) is 9.78 Å². The molecule has 1 saturated heterocycles.